The number of carbonyl (C=O) groups excluding carboxylic acids is 4. The molecule has 1 unspecified atom stereocenters. The minimum Gasteiger partial charge on any atom is -0.481 e. The lowest BCUT2D eigenvalue weighted by Gasteiger charge is -2.27. The highest BCUT2D eigenvalue weighted by Crippen LogP contribution is 2.28. The van der Waals surface area contributed by atoms with Gasteiger partial charge in [0.1, 0.15) is 12.6 Å². The van der Waals surface area contributed by atoms with Gasteiger partial charge in [-0.05, 0) is 24.6 Å². The number of nitrogens with zero attached hydrogens (tertiary/aromatic N) is 1. The smallest absolute Gasteiger partial charge is 0.305 e. The Kier molecular flexibility index (Phi) is 5.52. The molecule has 2 heterocycles. The fourth-order valence-corrected chi connectivity index (χ4v) is 2.97. The number of rotatable bonds is 5. The lowest BCUT2D eigenvalue weighted by Crippen LogP contribution is -2.54. The second-order valence-electron chi connectivity index (χ2n) is 6.21. The average molecular weight is 384 g/mol. The van der Waals surface area contributed by atoms with E-state index in [2.05, 4.69) is 17.2 Å². The maximum Gasteiger partial charge on any atom is 0.305 e. The first-order valence-corrected chi connectivity index (χ1v) is 8.52. The van der Waals surface area contributed by atoms with Gasteiger partial charge < -0.3 is 9.84 Å². The van der Waals surface area contributed by atoms with Gasteiger partial charge in [0, 0.05) is 12.0 Å². The Labute approximate surface area is 159 Å². The number of carbonyl (C=O) groups is 5. The molecule has 9 nitrogen and oxygen atoms in total. The fourth-order valence-electron chi connectivity index (χ4n) is 2.97. The van der Waals surface area contributed by atoms with Crippen LogP contribution in [0.5, 0.6) is 0 Å². The monoisotopic (exact) mass is 384 g/mol. The predicted octanol–water partition coefficient (Wildman–Crippen LogP) is -0.0694. The van der Waals surface area contributed by atoms with E-state index in [1.54, 1.807) is 6.07 Å². The number of aliphatic carboxylic acids is 1. The molecule has 28 heavy (non-hydrogen) atoms. The van der Waals surface area contributed by atoms with Crippen LogP contribution in [0.2, 0.25) is 0 Å². The highest BCUT2D eigenvalue weighted by molar-refractivity contribution is 6.23. The van der Waals surface area contributed by atoms with Crippen LogP contribution >= 0.6 is 0 Å². The van der Waals surface area contributed by atoms with Crippen molar-refractivity contribution in [1.82, 2.24) is 10.2 Å². The number of amides is 4. The number of piperidine rings is 1. The van der Waals surface area contributed by atoms with Gasteiger partial charge in [-0.2, -0.15) is 0 Å². The van der Waals surface area contributed by atoms with Gasteiger partial charge in [-0.25, -0.2) is 0 Å². The van der Waals surface area contributed by atoms with Crippen molar-refractivity contribution in [3.8, 4) is 11.8 Å². The fraction of sp³-hybridized carbons (Fsp3) is 0.316. The largest absolute Gasteiger partial charge is 0.481 e. The van der Waals surface area contributed by atoms with Gasteiger partial charge in [0.2, 0.25) is 11.8 Å². The summed E-state index contributed by atoms with van der Waals surface area (Å²) in [6.07, 6.45) is 0.0339. The molecule has 0 aliphatic carbocycles. The quantitative estimate of drug-likeness (QED) is 0.413. The molecule has 1 aromatic carbocycles. The van der Waals surface area contributed by atoms with Crippen molar-refractivity contribution in [3.05, 3.63) is 34.9 Å². The number of ether oxygens (including phenoxy) is 1. The van der Waals surface area contributed by atoms with Crippen molar-refractivity contribution in [1.29, 1.82) is 0 Å². The van der Waals surface area contributed by atoms with Crippen LogP contribution in [0.1, 0.15) is 45.5 Å². The Morgan fingerprint density at radius 3 is 2.68 bits per heavy atom. The molecule has 3 rings (SSSR count). The number of carboxylic acids is 1. The first-order chi connectivity index (χ1) is 13.4. The van der Waals surface area contributed by atoms with Crippen LogP contribution in [-0.4, -0.2) is 58.9 Å². The molecule has 0 spiro atoms. The molecule has 0 saturated carbocycles. The lowest BCUT2D eigenvalue weighted by atomic mass is 10.0. The molecule has 0 bridgehead atoms. The van der Waals surface area contributed by atoms with Crippen LogP contribution in [0, 0.1) is 11.8 Å². The molecule has 4 amide bonds. The Morgan fingerprint density at radius 2 is 1.96 bits per heavy atom. The number of carboxylic acid groups (broad SMARTS) is 1. The summed E-state index contributed by atoms with van der Waals surface area (Å²) in [5, 5.41) is 10.6. The van der Waals surface area contributed by atoms with Gasteiger partial charge in [0.15, 0.2) is 0 Å². The average Bonchev–Trinajstić information content (AvgIpc) is 2.89. The third kappa shape index (κ3) is 3.92. The molecule has 1 saturated heterocycles. The third-order valence-corrected chi connectivity index (χ3v) is 4.31. The zero-order valence-electron chi connectivity index (χ0n) is 14.7. The van der Waals surface area contributed by atoms with Crippen LogP contribution in [-0.2, 0) is 19.1 Å². The Morgan fingerprint density at radius 1 is 1.21 bits per heavy atom. The summed E-state index contributed by atoms with van der Waals surface area (Å²) < 4.78 is 5.06. The number of hydrogen-bond donors (Lipinski definition) is 2. The van der Waals surface area contributed by atoms with Gasteiger partial charge in [-0.3, -0.25) is 34.2 Å². The highest BCUT2D eigenvalue weighted by Gasteiger charge is 2.44. The van der Waals surface area contributed by atoms with Crippen molar-refractivity contribution in [2.75, 3.05) is 13.2 Å². The molecule has 0 radical (unpaired) electrons. The van der Waals surface area contributed by atoms with Gasteiger partial charge in [-0.15, -0.1) is 0 Å². The maximum absolute atomic E-state index is 12.7. The molecule has 1 fully saturated rings. The summed E-state index contributed by atoms with van der Waals surface area (Å²) >= 11 is 0. The molecule has 1 atom stereocenters. The van der Waals surface area contributed by atoms with Crippen molar-refractivity contribution in [2.24, 2.45) is 0 Å². The number of imide groups is 2. The van der Waals surface area contributed by atoms with Crippen LogP contribution in [0.3, 0.4) is 0 Å². The number of benzene rings is 1. The number of nitrogens with one attached hydrogen (secondary N) is 1. The second-order valence-corrected chi connectivity index (χ2v) is 6.21. The van der Waals surface area contributed by atoms with E-state index in [9.17, 15) is 24.0 Å². The summed E-state index contributed by atoms with van der Waals surface area (Å²) in [4.78, 5) is 59.8. The van der Waals surface area contributed by atoms with Gasteiger partial charge >= 0.3 is 5.97 Å². The predicted molar refractivity (Wildman–Crippen MR) is 93.1 cm³/mol. The van der Waals surface area contributed by atoms with Crippen LogP contribution in [0.4, 0.5) is 0 Å². The van der Waals surface area contributed by atoms with Crippen LogP contribution < -0.4 is 5.32 Å². The van der Waals surface area contributed by atoms with E-state index < -0.39 is 35.6 Å². The zero-order valence-corrected chi connectivity index (χ0v) is 14.7. The number of hydrogen-bond acceptors (Lipinski definition) is 6. The van der Waals surface area contributed by atoms with Crippen molar-refractivity contribution in [3.63, 3.8) is 0 Å². The molecule has 9 heteroatoms. The SMILES string of the molecule is O=C(O)CCOCC#Cc1ccc2c(c1)C(=O)N(C1CCC(=O)NC1=O)C2=O. The van der Waals surface area contributed by atoms with E-state index in [4.69, 9.17) is 9.84 Å². The molecular weight excluding hydrogens is 368 g/mol. The van der Waals surface area contributed by atoms with Gasteiger partial charge in [0.05, 0.1) is 24.2 Å². The summed E-state index contributed by atoms with van der Waals surface area (Å²) in [5.74, 6) is 2.25. The molecule has 1 aromatic rings. The molecule has 2 aliphatic heterocycles. The molecule has 144 valence electrons. The summed E-state index contributed by atoms with van der Waals surface area (Å²) in [7, 11) is 0. The molecule has 2 aliphatic rings. The Bertz CT molecular complexity index is 941. The minimum absolute atomic E-state index is 0.0274. The van der Waals surface area contributed by atoms with E-state index in [1.807, 2.05) is 0 Å². The van der Waals surface area contributed by atoms with Gasteiger partial charge in [-0.1, -0.05) is 11.8 Å². The van der Waals surface area contributed by atoms with E-state index in [0.29, 0.717) is 5.56 Å². The topological polar surface area (TPSA) is 130 Å². The second kappa shape index (κ2) is 8.02. The van der Waals surface area contributed by atoms with Crippen LogP contribution in [0.15, 0.2) is 18.2 Å². The maximum atomic E-state index is 12.7. The number of fused-ring (bicyclic) bond motifs is 1. The first kappa shape index (κ1) is 19.3. The highest BCUT2D eigenvalue weighted by atomic mass is 16.5. The zero-order chi connectivity index (χ0) is 20.3. The third-order valence-electron chi connectivity index (χ3n) is 4.31. The van der Waals surface area contributed by atoms with Crippen molar-refractivity contribution >= 4 is 29.6 Å². The van der Waals surface area contributed by atoms with E-state index in [0.717, 1.165) is 4.90 Å². The molecular formula is C19H16N2O7. The summed E-state index contributed by atoms with van der Waals surface area (Å²) in [6.45, 7) is 0.0712. The Balaban J connectivity index is 1.71. The molecule has 0 aromatic heterocycles. The first-order valence-electron chi connectivity index (χ1n) is 8.52. The standard InChI is InChI=1S/C19H16N2O7/c22-15-6-5-14(17(25)20-15)21-18(26)12-4-3-11(10-13(12)19(21)27)2-1-8-28-9-7-16(23)24/h3-4,10,14H,5-9H2,(H,23,24)(H,20,22,25). The van der Waals surface area contributed by atoms with Crippen molar-refractivity contribution < 1.29 is 33.8 Å². The van der Waals surface area contributed by atoms with Crippen LogP contribution in [0.25, 0.3) is 0 Å². The molecule has 2 N–H and O–H groups in total. The summed E-state index contributed by atoms with van der Waals surface area (Å²) in [5.41, 5.74) is 0.804. The van der Waals surface area contributed by atoms with Crippen molar-refractivity contribution in [2.45, 2.75) is 25.3 Å². The Hall–Kier alpha value is -3.51. The van der Waals surface area contributed by atoms with E-state index >= 15 is 0 Å². The minimum atomic E-state index is -1.01. The van der Waals surface area contributed by atoms with E-state index in [1.165, 1.54) is 12.1 Å². The van der Waals surface area contributed by atoms with Gasteiger partial charge in [0.25, 0.3) is 11.8 Å². The normalized spacial score (nSPS) is 18.4. The van der Waals surface area contributed by atoms with E-state index in [-0.39, 0.29) is 43.6 Å². The lowest BCUT2D eigenvalue weighted by molar-refractivity contribution is -0.138. The summed E-state index contributed by atoms with van der Waals surface area (Å²) in [6, 6.07) is 3.49.